The smallest absolute Gasteiger partial charge is 0.270 e. The summed E-state index contributed by atoms with van der Waals surface area (Å²) in [6.07, 6.45) is 4.17. The van der Waals surface area contributed by atoms with Gasteiger partial charge < -0.3 is 15.4 Å². The topological polar surface area (TPSA) is 76.1 Å². The van der Waals surface area contributed by atoms with Gasteiger partial charge in [0, 0.05) is 19.3 Å². The number of carbonyl (C=O) groups excluding carboxylic acids is 1. The minimum atomic E-state index is -0.187. The number of ether oxygens (including phenoxy) is 1. The van der Waals surface area contributed by atoms with Crippen LogP contribution in [-0.4, -0.2) is 36.1 Å². The molecule has 0 aliphatic carbocycles. The van der Waals surface area contributed by atoms with Crippen LogP contribution in [0.25, 0.3) is 0 Å². The summed E-state index contributed by atoms with van der Waals surface area (Å²) in [5, 5.41) is 6.09. The summed E-state index contributed by atoms with van der Waals surface area (Å²) in [4.78, 5) is 20.9. The van der Waals surface area contributed by atoms with Crippen molar-refractivity contribution in [3.63, 3.8) is 0 Å². The first-order valence-electron chi connectivity index (χ1n) is 9.77. The van der Waals surface area contributed by atoms with Gasteiger partial charge >= 0.3 is 0 Å². The molecule has 1 amide bonds. The van der Waals surface area contributed by atoms with Crippen molar-refractivity contribution in [2.45, 2.75) is 19.3 Å². The van der Waals surface area contributed by atoms with Crippen molar-refractivity contribution in [1.29, 1.82) is 0 Å². The van der Waals surface area contributed by atoms with Crippen LogP contribution in [0.15, 0.2) is 66.9 Å². The number of amides is 1. The molecule has 0 saturated carbocycles. The number of rotatable bonds is 10. The van der Waals surface area contributed by atoms with E-state index in [2.05, 4.69) is 32.7 Å². The number of nitrogens with one attached hydrogen (secondary N) is 2. The van der Waals surface area contributed by atoms with Crippen LogP contribution in [0.1, 0.15) is 28.0 Å². The molecule has 1 heterocycles. The molecule has 1 aromatic heterocycles. The molecular formula is C23H26N4O2. The fourth-order valence-electron chi connectivity index (χ4n) is 3.02. The Labute approximate surface area is 171 Å². The summed E-state index contributed by atoms with van der Waals surface area (Å²) < 4.78 is 5.36. The molecule has 29 heavy (non-hydrogen) atoms. The Morgan fingerprint density at radius 1 is 0.966 bits per heavy atom. The molecular weight excluding hydrogens is 364 g/mol. The molecule has 2 N–H and O–H groups in total. The van der Waals surface area contributed by atoms with Crippen molar-refractivity contribution in [2.24, 2.45) is 0 Å². The molecule has 0 bridgehead atoms. The van der Waals surface area contributed by atoms with E-state index in [1.807, 2.05) is 42.5 Å². The molecule has 0 spiro atoms. The summed E-state index contributed by atoms with van der Waals surface area (Å²) in [6, 6.07) is 19.8. The molecule has 0 atom stereocenters. The van der Waals surface area contributed by atoms with E-state index in [-0.39, 0.29) is 5.91 Å². The Hall–Kier alpha value is -3.41. The maximum Gasteiger partial charge on any atom is 0.270 e. The summed E-state index contributed by atoms with van der Waals surface area (Å²) in [6.45, 7) is 1.25. The van der Waals surface area contributed by atoms with Crippen LogP contribution in [0.3, 0.4) is 0 Å². The number of aromatic nitrogens is 2. The quantitative estimate of drug-likeness (QED) is 0.518. The number of nitrogens with zero attached hydrogens (tertiary/aromatic N) is 2. The van der Waals surface area contributed by atoms with E-state index in [1.165, 1.54) is 5.56 Å². The maximum atomic E-state index is 12.3. The summed E-state index contributed by atoms with van der Waals surface area (Å²) in [7, 11) is 1.66. The van der Waals surface area contributed by atoms with Crippen LogP contribution in [0, 0.1) is 0 Å². The molecule has 6 heteroatoms. The van der Waals surface area contributed by atoms with Crippen LogP contribution >= 0.6 is 0 Å². The average molecular weight is 390 g/mol. The number of anilines is 1. The van der Waals surface area contributed by atoms with Gasteiger partial charge in [-0.2, -0.15) is 0 Å². The van der Waals surface area contributed by atoms with Crippen LogP contribution in [0.2, 0.25) is 0 Å². The number of hydrogen-bond acceptors (Lipinski definition) is 5. The lowest BCUT2D eigenvalue weighted by atomic mass is 10.1. The first-order chi connectivity index (χ1) is 14.3. The fraction of sp³-hybridized carbons (Fsp3) is 0.261. The Balaban J connectivity index is 1.45. The zero-order chi connectivity index (χ0) is 20.3. The van der Waals surface area contributed by atoms with Gasteiger partial charge in [0.25, 0.3) is 5.91 Å². The molecule has 0 aliphatic heterocycles. The lowest BCUT2D eigenvalue weighted by Crippen LogP contribution is -2.26. The second kappa shape index (κ2) is 10.8. The minimum absolute atomic E-state index is 0.187. The van der Waals surface area contributed by atoms with Gasteiger partial charge in [-0.1, -0.05) is 48.5 Å². The normalized spacial score (nSPS) is 10.4. The second-order valence-corrected chi connectivity index (χ2v) is 6.60. The second-order valence-electron chi connectivity index (χ2n) is 6.60. The molecule has 0 saturated heterocycles. The Bertz CT molecular complexity index is 916. The van der Waals surface area contributed by atoms with Crippen molar-refractivity contribution in [2.75, 3.05) is 25.5 Å². The van der Waals surface area contributed by atoms with Crippen molar-refractivity contribution >= 4 is 11.9 Å². The summed E-state index contributed by atoms with van der Waals surface area (Å²) in [5.74, 6) is 1.11. The number of para-hydroxylation sites is 1. The highest BCUT2D eigenvalue weighted by molar-refractivity contribution is 5.92. The van der Waals surface area contributed by atoms with Crippen molar-refractivity contribution < 1.29 is 9.53 Å². The minimum Gasteiger partial charge on any atom is -0.496 e. The van der Waals surface area contributed by atoms with Crippen LogP contribution in [-0.2, 0) is 12.8 Å². The summed E-state index contributed by atoms with van der Waals surface area (Å²) in [5.41, 5.74) is 2.74. The van der Waals surface area contributed by atoms with Crippen LogP contribution in [0.4, 0.5) is 5.95 Å². The SMILES string of the molecule is COc1ccccc1CCNc1nccc(C(=O)NCCCc2ccccc2)n1. The first-order valence-corrected chi connectivity index (χ1v) is 9.77. The third kappa shape index (κ3) is 6.31. The van der Waals surface area contributed by atoms with Gasteiger partial charge in [0.2, 0.25) is 5.95 Å². The lowest BCUT2D eigenvalue weighted by molar-refractivity contribution is 0.0948. The maximum absolute atomic E-state index is 12.3. The van der Waals surface area contributed by atoms with E-state index >= 15 is 0 Å². The Morgan fingerprint density at radius 3 is 2.59 bits per heavy atom. The van der Waals surface area contributed by atoms with Gasteiger partial charge in [-0.05, 0) is 42.5 Å². The third-order valence-corrected chi connectivity index (χ3v) is 4.53. The van der Waals surface area contributed by atoms with E-state index in [0.29, 0.717) is 24.7 Å². The van der Waals surface area contributed by atoms with Gasteiger partial charge in [0.15, 0.2) is 0 Å². The Kier molecular flexibility index (Phi) is 7.57. The van der Waals surface area contributed by atoms with E-state index in [9.17, 15) is 4.79 Å². The molecule has 6 nitrogen and oxygen atoms in total. The van der Waals surface area contributed by atoms with Crippen molar-refractivity contribution in [1.82, 2.24) is 15.3 Å². The molecule has 3 rings (SSSR count). The van der Waals surface area contributed by atoms with E-state index in [4.69, 9.17) is 4.74 Å². The highest BCUT2D eigenvalue weighted by Gasteiger charge is 2.08. The van der Waals surface area contributed by atoms with E-state index in [1.54, 1.807) is 19.4 Å². The molecule has 0 fully saturated rings. The standard InChI is InChI=1S/C23H26N4O2/c1-29-21-12-6-5-11-19(21)13-16-25-23-26-17-14-20(27-23)22(28)24-15-7-10-18-8-3-2-4-9-18/h2-6,8-9,11-12,14,17H,7,10,13,15-16H2,1H3,(H,24,28)(H,25,26,27). The van der Waals surface area contributed by atoms with Gasteiger partial charge in [0.1, 0.15) is 11.4 Å². The fourth-order valence-corrected chi connectivity index (χ4v) is 3.02. The number of carbonyl (C=O) groups is 1. The van der Waals surface area contributed by atoms with Gasteiger partial charge in [-0.15, -0.1) is 0 Å². The molecule has 0 aliphatic rings. The van der Waals surface area contributed by atoms with Crippen molar-refractivity contribution in [3.8, 4) is 5.75 Å². The van der Waals surface area contributed by atoms with Crippen molar-refractivity contribution in [3.05, 3.63) is 83.7 Å². The number of aryl methyl sites for hydroxylation is 1. The zero-order valence-electron chi connectivity index (χ0n) is 16.6. The molecule has 2 aromatic carbocycles. The number of benzene rings is 2. The van der Waals surface area contributed by atoms with E-state index in [0.717, 1.165) is 30.6 Å². The highest BCUT2D eigenvalue weighted by atomic mass is 16.5. The number of methoxy groups -OCH3 is 1. The highest BCUT2D eigenvalue weighted by Crippen LogP contribution is 2.17. The average Bonchev–Trinajstić information content (AvgIpc) is 2.78. The zero-order valence-corrected chi connectivity index (χ0v) is 16.6. The molecule has 150 valence electrons. The monoisotopic (exact) mass is 390 g/mol. The largest absolute Gasteiger partial charge is 0.496 e. The van der Waals surface area contributed by atoms with Gasteiger partial charge in [-0.25, -0.2) is 9.97 Å². The molecule has 3 aromatic rings. The predicted octanol–water partition coefficient (Wildman–Crippen LogP) is 3.50. The Morgan fingerprint density at radius 2 is 1.76 bits per heavy atom. The van der Waals surface area contributed by atoms with Gasteiger partial charge in [-0.3, -0.25) is 4.79 Å². The van der Waals surface area contributed by atoms with Crippen LogP contribution < -0.4 is 15.4 Å². The lowest BCUT2D eigenvalue weighted by Gasteiger charge is -2.10. The molecule has 0 radical (unpaired) electrons. The third-order valence-electron chi connectivity index (χ3n) is 4.53. The summed E-state index contributed by atoms with van der Waals surface area (Å²) >= 11 is 0. The van der Waals surface area contributed by atoms with Gasteiger partial charge in [0.05, 0.1) is 7.11 Å². The predicted molar refractivity (Wildman–Crippen MR) is 114 cm³/mol. The number of hydrogen-bond donors (Lipinski definition) is 2. The first kappa shape index (κ1) is 20.3. The van der Waals surface area contributed by atoms with E-state index < -0.39 is 0 Å². The molecule has 0 unspecified atom stereocenters. The van der Waals surface area contributed by atoms with Crippen LogP contribution in [0.5, 0.6) is 5.75 Å².